The van der Waals surface area contributed by atoms with Crippen LogP contribution in [0.4, 0.5) is 0 Å². The quantitative estimate of drug-likeness (QED) is 0.266. The Balaban J connectivity index is 1.74. The van der Waals surface area contributed by atoms with Crippen LogP contribution in [0.2, 0.25) is 0 Å². The van der Waals surface area contributed by atoms with E-state index in [-0.39, 0.29) is 23.3 Å². The van der Waals surface area contributed by atoms with E-state index < -0.39 is 5.97 Å². The largest absolute Gasteiger partial charge is 0.465 e. The van der Waals surface area contributed by atoms with Gasteiger partial charge in [0.05, 0.1) is 12.4 Å². The summed E-state index contributed by atoms with van der Waals surface area (Å²) in [5.74, 6) is -0.629. The van der Waals surface area contributed by atoms with Crippen molar-refractivity contribution in [2.24, 2.45) is 0 Å². The number of carbonyl (C=O) groups excluding carboxylic acids is 2. The number of thiocarbonyl (C=S) groups is 1. The lowest BCUT2D eigenvalue weighted by molar-refractivity contribution is -0.141. The highest BCUT2D eigenvalue weighted by atomic mass is 32.2. The van der Waals surface area contributed by atoms with Crippen molar-refractivity contribution >= 4 is 41.0 Å². The normalized spacial score (nSPS) is 10.0. The number of carbonyl (C=O) groups is 2. The number of hydrogen-bond donors (Lipinski definition) is 3. The summed E-state index contributed by atoms with van der Waals surface area (Å²) in [6.45, 7) is 1.93. The number of ether oxygens (including phenoxy) is 1. The summed E-state index contributed by atoms with van der Waals surface area (Å²) >= 11 is 6.18. The number of hydrazine groups is 1. The highest BCUT2D eigenvalue weighted by Crippen LogP contribution is 2.18. The topological polar surface area (TPSA) is 110 Å². The number of hydrogen-bond acceptors (Lipinski definition) is 7. The molecule has 11 heteroatoms. The molecule has 0 aliphatic rings. The number of amides is 1. The summed E-state index contributed by atoms with van der Waals surface area (Å²) in [4.78, 5) is 23.1. The van der Waals surface area contributed by atoms with Crippen LogP contribution in [0.15, 0.2) is 41.8 Å². The van der Waals surface area contributed by atoms with Gasteiger partial charge in [0, 0.05) is 5.69 Å². The zero-order valence-corrected chi connectivity index (χ0v) is 15.6. The van der Waals surface area contributed by atoms with Crippen molar-refractivity contribution in [3.8, 4) is 5.69 Å². The smallest absolute Gasteiger partial charge is 0.325 e. The second kappa shape index (κ2) is 10.4. The molecule has 26 heavy (non-hydrogen) atoms. The summed E-state index contributed by atoms with van der Waals surface area (Å²) < 4.78 is 6.54. The lowest BCUT2D eigenvalue weighted by Gasteiger charge is -2.11. The number of benzene rings is 1. The number of thioether (sulfide) groups is 1. The second-order valence-electron chi connectivity index (χ2n) is 4.77. The zero-order valence-electron chi connectivity index (χ0n) is 14.0. The van der Waals surface area contributed by atoms with Crippen molar-refractivity contribution < 1.29 is 14.3 Å². The van der Waals surface area contributed by atoms with Crippen LogP contribution >= 0.6 is 24.0 Å². The molecule has 0 aliphatic heterocycles. The standard InChI is InChI=1S/C15H18N6O3S2/c1-2-24-13(23)8-16-14(25)19-18-12(22)9-26-15-20-17-10-21(15)11-6-4-3-5-7-11/h3-7,10H,2,8-9H2,1H3,(H,18,22)(H2,16,19,25). The van der Waals surface area contributed by atoms with E-state index in [1.165, 1.54) is 11.8 Å². The van der Waals surface area contributed by atoms with Crippen LogP contribution in [0.5, 0.6) is 0 Å². The summed E-state index contributed by atoms with van der Waals surface area (Å²) in [6.07, 6.45) is 1.59. The molecule has 0 atom stereocenters. The molecule has 138 valence electrons. The van der Waals surface area contributed by atoms with Gasteiger partial charge in [-0.25, -0.2) is 0 Å². The molecule has 9 nitrogen and oxygen atoms in total. The van der Waals surface area contributed by atoms with E-state index in [2.05, 4.69) is 26.4 Å². The first kappa shape index (κ1) is 19.7. The molecule has 0 saturated heterocycles. The first-order chi connectivity index (χ1) is 12.6. The highest BCUT2D eigenvalue weighted by molar-refractivity contribution is 7.99. The monoisotopic (exact) mass is 394 g/mol. The highest BCUT2D eigenvalue weighted by Gasteiger charge is 2.10. The van der Waals surface area contributed by atoms with Gasteiger partial charge in [0.2, 0.25) is 5.91 Å². The van der Waals surface area contributed by atoms with Gasteiger partial charge in [-0.15, -0.1) is 10.2 Å². The molecule has 0 fully saturated rings. The maximum Gasteiger partial charge on any atom is 0.325 e. The van der Waals surface area contributed by atoms with Gasteiger partial charge in [0.1, 0.15) is 12.9 Å². The molecular weight excluding hydrogens is 376 g/mol. The van der Waals surface area contributed by atoms with Crippen LogP contribution in [0.3, 0.4) is 0 Å². The van der Waals surface area contributed by atoms with Crippen LogP contribution in [-0.4, -0.2) is 50.7 Å². The Bertz CT molecular complexity index is 753. The van der Waals surface area contributed by atoms with E-state index in [4.69, 9.17) is 17.0 Å². The average Bonchev–Trinajstić information content (AvgIpc) is 3.12. The van der Waals surface area contributed by atoms with Gasteiger partial charge in [-0.1, -0.05) is 30.0 Å². The first-order valence-corrected chi connectivity index (χ1v) is 9.06. The predicted octanol–water partition coefficient (Wildman–Crippen LogP) is 0.418. The van der Waals surface area contributed by atoms with Crippen molar-refractivity contribution in [3.63, 3.8) is 0 Å². The Kier molecular flexibility index (Phi) is 7.83. The van der Waals surface area contributed by atoms with E-state index in [0.29, 0.717) is 11.8 Å². The van der Waals surface area contributed by atoms with E-state index >= 15 is 0 Å². The molecule has 0 bridgehead atoms. The van der Waals surface area contributed by atoms with Crippen LogP contribution < -0.4 is 16.2 Å². The van der Waals surface area contributed by atoms with Gasteiger partial charge in [-0.3, -0.25) is 25.0 Å². The number of para-hydroxylation sites is 1. The fourth-order valence-corrected chi connectivity index (χ4v) is 2.64. The van der Waals surface area contributed by atoms with Crippen LogP contribution in [0, 0.1) is 0 Å². The molecule has 1 amide bonds. The maximum absolute atomic E-state index is 11.9. The lowest BCUT2D eigenvalue weighted by Crippen LogP contribution is -2.48. The predicted molar refractivity (Wildman–Crippen MR) is 101 cm³/mol. The Morgan fingerprint density at radius 2 is 2.04 bits per heavy atom. The number of nitrogens with zero attached hydrogens (tertiary/aromatic N) is 3. The van der Waals surface area contributed by atoms with E-state index in [1.807, 2.05) is 30.3 Å². The minimum absolute atomic E-state index is 0.0789. The zero-order chi connectivity index (χ0) is 18.8. The molecule has 0 spiro atoms. The number of esters is 1. The summed E-state index contributed by atoms with van der Waals surface area (Å²) in [7, 11) is 0. The van der Waals surface area contributed by atoms with Gasteiger partial charge in [0.15, 0.2) is 10.3 Å². The molecule has 0 saturated carbocycles. The van der Waals surface area contributed by atoms with Crippen LogP contribution in [-0.2, 0) is 14.3 Å². The molecule has 2 aromatic rings. The van der Waals surface area contributed by atoms with Gasteiger partial charge in [-0.2, -0.15) is 0 Å². The van der Waals surface area contributed by atoms with Gasteiger partial charge in [-0.05, 0) is 31.3 Å². The van der Waals surface area contributed by atoms with Crippen molar-refractivity contribution in [1.29, 1.82) is 0 Å². The molecule has 0 unspecified atom stereocenters. The fraction of sp³-hybridized carbons (Fsp3) is 0.267. The van der Waals surface area contributed by atoms with Crippen molar-refractivity contribution in [2.45, 2.75) is 12.1 Å². The minimum Gasteiger partial charge on any atom is -0.465 e. The molecule has 2 rings (SSSR count). The number of rotatable bonds is 7. The number of nitrogens with one attached hydrogen (secondary N) is 3. The SMILES string of the molecule is CCOC(=O)CNC(=S)NNC(=O)CSc1nncn1-c1ccccc1. The van der Waals surface area contributed by atoms with Crippen molar-refractivity contribution in [1.82, 2.24) is 30.9 Å². The first-order valence-electron chi connectivity index (χ1n) is 7.66. The third-order valence-corrected chi connectivity index (χ3v) is 4.09. The Labute approximate surface area is 159 Å². The third-order valence-electron chi connectivity index (χ3n) is 2.90. The van der Waals surface area contributed by atoms with Gasteiger partial charge >= 0.3 is 5.97 Å². The van der Waals surface area contributed by atoms with Crippen LogP contribution in [0.25, 0.3) is 5.69 Å². The Hall–Kier alpha value is -2.66. The summed E-state index contributed by atoms with van der Waals surface area (Å²) in [5, 5.41) is 11.2. The Morgan fingerprint density at radius 1 is 1.27 bits per heavy atom. The third kappa shape index (κ3) is 6.33. The fourth-order valence-electron chi connectivity index (χ4n) is 1.79. The molecule has 3 N–H and O–H groups in total. The van der Waals surface area contributed by atoms with E-state index in [1.54, 1.807) is 17.8 Å². The van der Waals surface area contributed by atoms with E-state index in [0.717, 1.165) is 5.69 Å². The maximum atomic E-state index is 11.9. The van der Waals surface area contributed by atoms with E-state index in [9.17, 15) is 9.59 Å². The second-order valence-corrected chi connectivity index (χ2v) is 6.12. The Morgan fingerprint density at radius 3 is 2.77 bits per heavy atom. The summed E-state index contributed by atoms with van der Waals surface area (Å²) in [6, 6.07) is 9.57. The summed E-state index contributed by atoms with van der Waals surface area (Å²) in [5.41, 5.74) is 5.86. The van der Waals surface area contributed by atoms with Gasteiger partial charge < -0.3 is 10.1 Å². The average molecular weight is 394 g/mol. The molecule has 1 aromatic heterocycles. The van der Waals surface area contributed by atoms with Crippen molar-refractivity contribution in [2.75, 3.05) is 18.9 Å². The molecule has 0 aliphatic carbocycles. The van der Waals surface area contributed by atoms with Crippen LogP contribution in [0.1, 0.15) is 6.92 Å². The molecule has 1 heterocycles. The molecule has 1 aromatic carbocycles. The lowest BCUT2D eigenvalue weighted by atomic mass is 10.3. The van der Waals surface area contributed by atoms with Crippen molar-refractivity contribution in [3.05, 3.63) is 36.7 Å². The molecule has 0 radical (unpaired) electrons. The molecular formula is C15H18N6O3S2. The number of aromatic nitrogens is 3. The van der Waals surface area contributed by atoms with Gasteiger partial charge in [0.25, 0.3) is 0 Å². The minimum atomic E-state index is -0.432.